The summed E-state index contributed by atoms with van der Waals surface area (Å²) < 4.78 is 20.7. The van der Waals surface area contributed by atoms with Crippen molar-refractivity contribution in [2.45, 2.75) is 0 Å². The summed E-state index contributed by atoms with van der Waals surface area (Å²) in [5.41, 5.74) is 3.58. The maximum Gasteiger partial charge on any atom is 0.337 e. The molecular formula is C27H22O5. The van der Waals surface area contributed by atoms with Gasteiger partial charge in [0.1, 0.15) is 5.75 Å². The summed E-state index contributed by atoms with van der Waals surface area (Å²) in [5, 5.41) is 0. The van der Waals surface area contributed by atoms with E-state index in [0.717, 1.165) is 22.3 Å². The van der Waals surface area contributed by atoms with E-state index in [1.165, 1.54) is 7.11 Å². The normalized spacial score (nSPS) is 9.50. The van der Waals surface area contributed by atoms with Gasteiger partial charge in [-0.05, 0) is 60.7 Å². The number of hydrogen-bond acceptors (Lipinski definition) is 5. The van der Waals surface area contributed by atoms with E-state index < -0.39 is 0 Å². The van der Waals surface area contributed by atoms with Crippen molar-refractivity contribution in [1.82, 2.24) is 0 Å². The molecule has 0 amide bonds. The fourth-order valence-electron chi connectivity index (χ4n) is 2.87. The molecule has 3 aromatic rings. The monoisotopic (exact) mass is 426 g/mol. The van der Waals surface area contributed by atoms with Crippen molar-refractivity contribution >= 4 is 5.97 Å². The molecule has 0 aliphatic heterocycles. The van der Waals surface area contributed by atoms with E-state index in [0.29, 0.717) is 22.8 Å². The summed E-state index contributed by atoms with van der Waals surface area (Å²) in [7, 11) is 6.13. The SMILES string of the molecule is COC(=O)c1ccc(C#Cc2cc(C#Cc3ccc(OC)c(OC)c3)cc(OC)c2)cc1. The summed E-state index contributed by atoms with van der Waals surface area (Å²) >= 11 is 0. The number of rotatable bonds is 4. The standard InChI is InChI=1S/C27H22O5/c1-29-24-16-21(7-5-19-9-12-23(13-10-19)27(28)32-4)15-22(17-24)8-6-20-11-14-25(30-2)26(18-20)31-3/h9-18H,1-4H3. The van der Waals surface area contributed by atoms with E-state index in [1.54, 1.807) is 45.6 Å². The van der Waals surface area contributed by atoms with Crippen molar-refractivity contribution in [1.29, 1.82) is 0 Å². The van der Waals surface area contributed by atoms with Crippen LogP contribution in [0.15, 0.2) is 60.7 Å². The van der Waals surface area contributed by atoms with Crippen LogP contribution < -0.4 is 14.2 Å². The van der Waals surface area contributed by atoms with Gasteiger partial charge in [-0.25, -0.2) is 4.79 Å². The predicted molar refractivity (Wildman–Crippen MR) is 122 cm³/mol. The highest BCUT2D eigenvalue weighted by Crippen LogP contribution is 2.27. The molecule has 32 heavy (non-hydrogen) atoms. The van der Waals surface area contributed by atoms with Gasteiger partial charge in [-0.2, -0.15) is 0 Å². The van der Waals surface area contributed by atoms with E-state index in [9.17, 15) is 4.79 Å². The van der Waals surface area contributed by atoms with Gasteiger partial charge >= 0.3 is 5.97 Å². The molecule has 3 rings (SSSR count). The molecule has 0 aromatic heterocycles. The molecule has 0 heterocycles. The molecule has 160 valence electrons. The van der Waals surface area contributed by atoms with Crippen LogP contribution in [0.1, 0.15) is 32.6 Å². The molecule has 0 N–H and O–H groups in total. The predicted octanol–water partition coefficient (Wildman–Crippen LogP) is 4.30. The Kier molecular flexibility index (Phi) is 7.41. The van der Waals surface area contributed by atoms with Gasteiger partial charge in [0.25, 0.3) is 0 Å². The first-order valence-corrected chi connectivity index (χ1v) is 9.70. The van der Waals surface area contributed by atoms with Crippen LogP contribution >= 0.6 is 0 Å². The van der Waals surface area contributed by atoms with E-state index in [2.05, 4.69) is 23.7 Å². The molecular weight excluding hydrogens is 404 g/mol. The number of esters is 1. The van der Waals surface area contributed by atoms with Crippen molar-refractivity contribution in [3.8, 4) is 40.9 Å². The average molecular weight is 426 g/mol. The van der Waals surface area contributed by atoms with Gasteiger partial charge in [-0.15, -0.1) is 0 Å². The Labute approximate surface area is 187 Å². The zero-order valence-corrected chi connectivity index (χ0v) is 18.3. The van der Waals surface area contributed by atoms with Gasteiger partial charge in [-0.1, -0.05) is 23.7 Å². The van der Waals surface area contributed by atoms with Crippen molar-refractivity contribution in [3.63, 3.8) is 0 Å². The summed E-state index contributed by atoms with van der Waals surface area (Å²) in [4.78, 5) is 11.5. The number of hydrogen-bond donors (Lipinski definition) is 0. The van der Waals surface area contributed by atoms with Crippen molar-refractivity contribution in [3.05, 3.63) is 88.5 Å². The second-order valence-corrected chi connectivity index (χ2v) is 6.59. The molecule has 0 spiro atoms. The molecule has 0 unspecified atom stereocenters. The Morgan fingerprint density at radius 1 is 0.594 bits per heavy atom. The van der Waals surface area contributed by atoms with E-state index in [-0.39, 0.29) is 5.97 Å². The second kappa shape index (κ2) is 10.6. The van der Waals surface area contributed by atoms with E-state index >= 15 is 0 Å². The van der Waals surface area contributed by atoms with Gasteiger partial charge in [0.2, 0.25) is 0 Å². The Hall–Kier alpha value is -4.35. The fourth-order valence-corrected chi connectivity index (χ4v) is 2.87. The van der Waals surface area contributed by atoms with Crippen LogP contribution in [0.5, 0.6) is 17.2 Å². The molecule has 0 fully saturated rings. The van der Waals surface area contributed by atoms with Crippen LogP contribution in [-0.2, 0) is 4.74 Å². The number of carbonyl (C=O) groups excluding carboxylic acids is 1. The zero-order valence-electron chi connectivity index (χ0n) is 18.3. The summed E-state index contributed by atoms with van der Waals surface area (Å²) in [6.45, 7) is 0. The van der Waals surface area contributed by atoms with Gasteiger partial charge in [0, 0.05) is 22.3 Å². The minimum absolute atomic E-state index is 0.380. The highest BCUT2D eigenvalue weighted by Gasteiger charge is 2.04. The third kappa shape index (κ3) is 5.62. The van der Waals surface area contributed by atoms with Gasteiger partial charge < -0.3 is 18.9 Å². The third-order valence-corrected chi connectivity index (χ3v) is 4.53. The maximum absolute atomic E-state index is 11.5. The van der Waals surface area contributed by atoms with Crippen LogP contribution in [0, 0.1) is 23.7 Å². The van der Waals surface area contributed by atoms with E-state index in [4.69, 9.17) is 18.9 Å². The molecule has 5 heteroatoms. The Balaban J connectivity index is 1.87. The van der Waals surface area contributed by atoms with Crippen LogP contribution in [0.25, 0.3) is 0 Å². The smallest absolute Gasteiger partial charge is 0.337 e. The first kappa shape index (κ1) is 22.3. The lowest BCUT2D eigenvalue weighted by atomic mass is 10.1. The van der Waals surface area contributed by atoms with Crippen LogP contribution in [0.3, 0.4) is 0 Å². The lowest BCUT2D eigenvalue weighted by Crippen LogP contribution is -2.00. The number of methoxy groups -OCH3 is 4. The van der Waals surface area contributed by atoms with Crippen LogP contribution in [0.2, 0.25) is 0 Å². The van der Waals surface area contributed by atoms with Crippen LogP contribution in [-0.4, -0.2) is 34.4 Å². The zero-order chi connectivity index (χ0) is 22.9. The molecule has 0 saturated heterocycles. The topological polar surface area (TPSA) is 54.0 Å². The first-order chi connectivity index (χ1) is 15.6. The van der Waals surface area contributed by atoms with Crippen molar-refractivity contribution in [2.75, 3.05) is 28.4 Å². The minimum Gasteiger partial charge on any atom is -0.497 e. The van der Waals surface area contributed by atoms with Gasteiger partial charge in [0.05, 0.1) is 34.0 Å². The third-order valence-electron chi connectivity index (χ3n) is 4.53. The van der Waals surface area contributed by atoms with Gasteiger partial charge in [0.15, 0.2) is 11.5 Å². The lowest BCUT2D eigenvalue weighted by Gasteiger charge is -2.06. The van der Waals surface area contributed by atoms with Crippen molar-refractivity contribution in [2.24, 2.45) is 0 Å². The minimum atomic E-state index is -0.380. The molecule has 3 aromatic carbocycles. The molecule has 0 bridgehead atoms. The quantitative estimate of drug-likeness (QED) is 0.460. The molecule has 0 radical (unpaired) electrons. The van der Waals surface area contributed by atoms with Gasteiger partial charge in [-0.3, -0.25) is 0 Å². The number of carbonyl (C=O) groups is 1. The Morgan fingerprint density at radius 3 is 1.72 bits per heavy atom. The highest BCUT2D eigenvalue weighted by molar-refractivity contribution is 5.89. The average Bonchev–Trinajstić information content (AvgIpc) is 2.85. The first-order valence-electron chi connectivity index (χ1n) is 9.70. The molecule has 0 saturated carbocycles. The second-order valence-electron chi connectivity index (χ2n) is 6.59. The fraction of sp³-hybridized carbons (Fsp3) is 0.148. The lowest BCUT2D eigenvalue weighted by molar-refractivity contribution is 0.0600. The maximum atomic E-state index is 11.5. The Bertz CT molecular complexity index is 1240. The largest absolute Gasteiger partial charge is 0.497 e. The summed E-state index contributed by atoms with van der Waals surface area (Å²) in [5.74, 6) is 14.0. The number of benzene rings is 3. The summed E-state index contributed by atoms with van der Waals surface area (Å²) in [6, 6.07) is 18.0. The van der Waals surface area contributed by atoms with E-state index in [1.807, 2.05) is 36.4 Å². The molecule has 5 nitrogen and oxygen atoms in total. The molecule has 0 aliphatic rings. The van der Waals surface area contributed by atoms with Crippen molar-refractivity contribution < 1.29 is 23.7 Å². The Morgan fingerprint density at radius 2 is 1.16 bits per heavy atom. The molecule has 0 atom stereocenters. The van der Waals surface area contributed by atoms with Crippen LogP contribution in [0.4, 0.5) is 0 Å². The number of ether oxygens (including phenoxy) is 4. The summed E-state index contributed by atoms with van der Waals surface area (Å²) in [6.07, 6.45) is 0. The molecule has 0 aliphatic carbocycles. The highest BCUT2D eigenvalue weighted by atomic mass is 16.5.